The smallest absolute Gasteiger partial charge is 0.255 e. The largest absolute Gasteiger partial charge is 0.384 e. The highest BCUT2D eigenvalue weighted by molar-refractivity contribution is 6.31. The summed E-state index contributed by atoms with van der Waals surface area (Å²) in [4.78, 5) is 12.1. The highest BCUT2D eigenvalue weighted by atomic mass is 35.5. The normalized spacial score (nSPS) is 12.7. The summed E-state index contributed by atoms with van der Waals surface area (Å²) in [5.41, 5.74) is 3.33. The molecule has 2 aromatic carbocycles. The number of halogens is 2. The monoisotopic (exact) mass is 290 g/mol. The van der Waals surface area contributed by atoms with Crippen molar-refractivity contribution in [2.24, 2.45) is 0 Å². The van der Waals surface area contributed by atoms with Crippen molar-refractivity contribution in [3.63, 3.8) is 0 Å². The number of carbonyl (C=O) groups excluding carboxylic acids is 1. The van der Waals surface area contributed by atoms with E-state index in [2.05, 4.69) is 10.6 Å². The Morgan fingerprint density at radius 3 is 2.90 bits per heavy atom. The molecule has 3 nitrogen and oxygen atoms in total. The zero-order chi connectivity index (χ0) is 14.1. The standard InChI is InChI=1S/C15H12ClFN2O/c16-12-8-10(1-3-13(12)17)15(20)19-11-2-4-14-9(7-11)5-6-18-14/h1-4,7-8,18H,5-6H2,(H,19,20). The van der Waals surface area contributed by atoms with Crippen molar-refractivity contribution in [2.75, 3.05) is 17.2 Å². The number of amides is 1. The van der Waals surface area contributed by atoms with Crippen LogP contribution in [-0.4, -0.2) is 12.5 Å². The van der Waals surface area contributed by atoms with Gasteiger partial charge in [0, 0.05) is 23.5 Å². The van der Waals surface area contributed by atoms with Gasteiger partial charge in [0.15, 0.2) is 0 Å². The number of hydrogen-bond donors (Lipinski definition) is 2. The molecule has 1 heterocycles. The average Bonchev–Trinajstić information content (AvgIpc) is 2.89. The fraction of sp³-hybridized carbons (Fsp3) is 0.133. The fourth-order valence-corrected chi connectivity index (χ4v) is 2.40. The molecular formula is C15H12ClFN2O. The number of hydrogen-bond acceptors (Lipinski definition) is 2. The quantitative estimate of drug-likeness (QED) is 0.885. The Hall–Kier alpha value is -2.07. The number of nitrogens with one attached hydrogen (secondary N) is 2. The van der Waals surface area contributed by atoms with E-state index in [9.17, 15) is 9.18 Å². The van der Waals surface area contributed by atoms with Crippen molar-refractivity contribution >= 4 is 28.9 Å². The molecule has 0 bridgehead atoms. The van der Waals surface area contributed by atoms with Crippen LogP contribution in [0.4, 0.5) is 15.8 Å². The third-order valence-corrected chi connectivity index (χ3v) is 3.54. The van der Waals surface area contributed by atoms with Crippen LogP contribution in [0.15, 0.2) is 36.4 Å². The van der Waals surface area contributed by atoms with E-state index in [0.717, 1.165) is 24.3 Å². The van der Waals surface area contributed by atoms with Crippen molar-refractivity contribution in [2.45, 2.75) is 6.42 Å². The second-order valence-electron chi connectivity index (χ2n) is 4.63. The maximum atomic E-state index is 13.1. The molecule has 0 fully saturated rings. The maximum Gasteiger partial charge on any atom is 0.255 e. The molecule has 3 rings (SSSR count). The SMILES string of the molecule is O=C(Nc1ccc2c(c1)CCN2)c1ccc(F)c(Cl)c1. The molecule has 0 saturated heterocycles. The third-order valence-electron chi connectivity index (χ3n) is 3.25. The molecule has 0 aliphatic carbocycles. The van der Waals surface area contributed by atoms with Crippen molar-refractivity contribution in [3.05, 3.63) is 58.4 Å². The van der Waals surface area contributed by atoms with Crippen LogP contribution in [0.3, 0.4) is 0 Å². The highest BCUT2D eigenvalue weighted by Gasteiger charge is 2.12. The Morgan fingerprint density at radius 1 is 1.25 bits per heavy atom. The number of carbonyl (C=O) groups is 1. The topological polar surface area (TPSA) is 41.1 Å². The first-order chi connectivity index (χ1) is 9.63. The molecule has 0 atom stereocenters. The molecule has 0 spiro atoms. The second kappa shape index (κ2) is 5.13. The van der Waals surface area contributed by atoms with Crippen LogP contribution in [0.5, 0.6) is 0 Å². The van der Waals surface area contributed by atoms with Crippen LogP contribution in [0.2, 0.25) is 5.02 Å². The lowest BCUT2D eigenvalue weighted by molar-refractivity contribution is 0.102. The van der Waals surface area contributed by atoms with Gasteiger partial charge in [-0.2, -0.15) is 0 Å². The summed E-state index contributed by atoms with van der Waals surface area (Å²) in [7, 11) is 0. The minimum absolute atomic E-state index is 0.0594. The summed E-state index contributed by atoms with van der Waals surface area (Å²) in [6.07, 6.45) is 0.946. The van der Waals surface area contributed by atoms with Gasteiger partial charge in [-0.3, -0.25) is 4.79 Å². The Bertz CT molecular complexity index is 688. The van der Waals surface area contributed by atoms with Crippen molar-refractivity contribution in [3.8, 4) is 0 Å². The lowest BCUT2D eigenvalue weighted by Crippen LogP contribution is -2.12. The number of anilines is 2. The summed E-state index contributed by atoms with van der Waals surface area (Å²) in [5.74, 6) is -0.843. The molecule has 0 unspecified atom stereocenters. The first-order valence-electron chi connectivity index (χ1n) is 6.27. The van der Waals surface area contributed by atoms with Crippen molar-refractivity contribution < 1.29 is 9.18 Å². The van der Waals surface area contributed by atoms with Gasteiger partial charge in [-0.05, 0) is 48.4 Å². The molecule has 0 aromatic heterocycles. The average molecular weight is 291 g/mol. The van der Waals surface area contributed by atoms with Gasteiger partial charge in [-0.15, -0.1) is 0 Å². The predicted molar refractivity (Wildman–Crippen MR) is 78.0 cm³/mol. The molecule has 102 valence electrons. The van der Waals surface area contributed by atoms with Crippen LogP contribution >= 0.6 is 11.6 Å². The lowest BCUT2D eigenvalue weighted by Gasteiger charge is -2.08. The summed E-state index contributed by atoms with van der Waals surface area (Å²) in [6, 6.07) is 9.63. The minimum atomic E-state index is -0.535. The first kappa shape index (κ1) is 12.9. The molecular weight excluding hydrogens is 279 g/mol. The first-order valence-corrected chi connectivity index (χ1v) is 6.64. The Kier molecular flexibility index (Phi) is 3.32. The van der Waals surface area contributed by atoms with Gasteiger partial charge in [-0.1, -0.05) is 11.6 Å². The van der Waals surface area contributed by atoms with E-state index in [4.69, 9.17) is 11.6 Å². The van der Waals surface area contributed by atoms with Gasteiger partial charge < -0.3 is 10.6 Å². The van der Waals surface area contributed by atoms with Crippen LogP contribution in [0, 0.1) is 5.82 Å². The van der Waals surface area contributed by atoms with E-state index in [1.54, 1.807) is 0 Å². The molecule has 2 aromatic rings. The van der Waals surface area contributed by atoms with E-state index in [1.807, 2.05) is 18.2 Å². The molecule has 20 heavy (non-hydrogen) atoms. The third kappa shape index (κ3) is 2.47. The summed E-state index contributed by atoms with van der Waals surface area (Å²) < 4.78 is 13.1. The second-order valence-corrected chi connectivity index (χ2v) is 5.04. The predicted octanol–water partition coefficient (Wildman–Crippen LogP) is 3.70. The van der Waals surface area contributed by atoms with Crippen LogP contribution in [0.25, 0.3) is 0 Å². The molecule has 1 amide bonds. The van der Waals surface area contributed by atoms with Gasteiger partial charge in [0.25, 0.3) is 5.91 Å². The van der Waals surface area contributed by atoms with Gasteiger partial charge >= 0.3 is 0 Å². The number of rotatable bonds is 2. The number of fused-ring (bicyclic) bond motifs is 1. The maximum absolute atomic E-state index is 13.1. The van der Waals surface area contributed by atoms with Crippen LogP contribution < -0.4 is 10.6 Å². The zero-order valence-electron chi connectivity index (χ0n) is 10.5. The van der Waals surface area contributed by atoms with Crippen LogP contribution in [-0.2, 0) is 6.42 Å². The van der Waals surface area contributed by atoms with E-state index in [-0.39, 0.29) is 10.9 Å². The molecule has 5 heteroatoms. The molecule has 0 saturated carbocycles. The van der Waals surface area contributed by atoms with Gasteiger partial charge in [0.2, 0.25) is 0 Å². The van der Waals surface area contributed by atoms with E-state index in [1.165, 1.54) is 23.8 Å². The fourth-order valence-electron chi connectivity index (χ4n) is 2.22. The number of benzene rings is 2. The Balaban J connectivity index is 1.80. The molecule has 0 radical (unpaired) electrons. The summed E-state index contributed by atoms with van der Waals surface area (Å²) in [6.45, 7) is 0.917. The lowest BCUT2D eigenvalue weighted by atomic mass is 10.1. The van der Waals surface area contributed by atoms with E-state index < -0.39 is 5.82 Å². The van der Waals surface area contributed by atoms with Crippen LogP contribution in [0.1, 0.15) is 15.9 Å². The minimum Gasteiger partial charge on any atom is -0.384 e. The molecule has 2 N–H and O–H groups in total. The Morgan fingerprint density at radius 2 is 2.10 bits per heavy atom. The van der Waals surface area contributed by atoms with Gasteiger partial charge in [0.1, 0.15) is 5.82 Å². The zero-order valence-corrected chi connectivity index (χ0v) is 11.3. The van der Waals surface area contributed by atoms with Gasteiger partial charge in [-0.25, -0.2) is 4.39 Å². The van der Waals surface area contributed by atoms with Crippen molar-refractivity contribution in [1.29, 1.82) is 0 Å². The van der Waals surface area contributed by atoms with E-state index >= 15 is 0 Å². The van der Waals surface area contributed by atoms with Gasteiger partial charge in [0.05, 0.1) is 5.02 Å². The summed E-state index contributed by atoms with van der Waals surface area (Å²) >= 11 is 5.67. The van der Waals surface area contributed by atoms with E-state index in [0.29, 0.717) is 5.56 Å². The Labute approximate surface area is 120 Å². The highest BCUT2D eigenvalue weighted by Crippen LogP contribution is 2.25. The molecule has 1 aliphatic heterocycles. The van der Waals surface area contributed by atoms with Crippen molar-refractivity contribution in [1.82, 2.24) is 0 Å². The summed E-state index contributed by atoms with van der Waals surface area (Å²) in [5, 5.41) is 5.98. The molecule has 1 aliphatic rings.